The highest BCUT2D eigenvalue weighted by atomic mass is 19.4. The van der Waals surface area contributed by atoms with E-state index in [1.54, 1.807) is 0 Å². The third kappa shape index (κ3) is 2.03. The Bertz CT molecular complexity index is 567. The fourth-order valence-corrected chi connectivity index (χ4v) is 1.67. The summed E-state index contributed by atoms with van der Waals surface area (Å²) in [6.07, 6.45) is -3.27. The van der Waals surface area contributed by atoms with E-state index >= 15 is 0 Å². The van der Waals surface area contributed by atoms with E-state index in [0.717, 1.165) is 12.1 Å². The van der Waals surface area contributed by atoms with E-state index in [1.807, 2.05) is 0 Å². The number of halogens is 4. The summed E-state index contributed by atoms with van der Waals surface area (Å²) in [5, 5.41) is 3.77. The van der Waals surface area contributed by atoms with Crippen LogP contribution in [0.2, 0.25) is 0 Å². The molecule has 0 saturated carbocycles. The van der Waals surface area contributed by atoms with Gasteiger partial charge in [0.25, 0.3) is 0 Å². The van der Waals surface area contributed by atoms with Crippen molar-refractivity contribution in [3.05, 3.63) is 35.8 Å². The minimum Gasteiger partial charge on any atom is -0.396 e. The monoisotopic (exact) mass is 259 g/mol. The molecule has 0 saturated heterocycles. The van der Waals surface area contributed by atoms with E-state index in [0.29, 0.717) is 6.07 Å². The van der Waals surface area contributed by atoms with Crippen molar-refractivity contribution in [1.82, 2.24) is 9.78 Å². The molecular weight excluding hydrogens is 250 g/mol. The lowest BCUT2D eigenvalue weighted by molar-refractivity contribution is -0.137. The summed E-state index contributed by atoms with van der Waals surface area (Å²) in [5.41, 5.74) is 4.66. The number of aromatic nitrogens is 2. The normalized spacial score (nSPS) is 11.8. The first-order valence-corrected chi connectivity index (χ1v) is 4.95. The number of anilines is 1. The molecule has 0 spiro atoms. The van der Waals surface area contributed by atoms with Crippen LogP contribution in [-0.2, 0) is 13.2 Å². The molecule has 1 aromatic heterocycles. The molecule has 18 heavy (non-hydrogen) atoms. The minimum absolute atomic E-state index is 0.121. The molecule has 0 atom stereocenters. The predicted octanol–water partition coefficient (Wildman–Crippen LogP) is 2.83. The Morgan fingerprint density at radius 2 is 1.94 bits per heavy atom. The van der Waals surface area contributed by atoms with Crippen LogP contribution in [0.4, 0.5) is 23.2 Å². The standard InChI is InChI=1S/C11H9F4N3/c1-18-10(9(16)5-17-18)7-4-6(11(13,14)15)2-3-8(7)12/h2-5H,16H2,1H3. The van der Waals surface area contributed by atoms with Gasteiger partial charge in [0.2, 0.25) is 0 Å². The Morgan fingerprint density at radius 3 is 2.44 bits per heavy atom. The molecule has 0 fully saturated rings. The van der Waals surface area contributed by atoms with E-state index in [9.17, 15) is 17.6 Å². The maximum Gasteiger partial charge on any atom is 0.416 e. The summed E-state index contributed by atoms with van der Waals surface area (Å²) < 4.78 is 52.5. The molecule has 1 aromatic carbocycles. The number of nitrogens with two attached hydrogens (primary N) is 1. The molecule has 96 valence electrons. The average molecular weight is 259 g/mol. The van der Waals surface area contributed by atoms with Crippen molar-refractivity contribution in [3.63, 3.8) is 0 Å². The predicted molar refractivity (Wildman–Crippen MR) is 58.0 cm³/mol. The summed E-state index contributed by atoms with van der Waals surface area (Å²) in [4.78, 5) is 0. The molecular formula is C11H9F4N3. The SMILES string of the molecule is Cn1ncc(N)c1-c1cc(C(F)(F)F)ccc1F. The van der Waals surface area contributed by atoms with Crippen LogP contribution >= 0.6 is 0 Å². The average Bonchev–Trinajstić information content (AvgIpc) is 2.58. The number of alkyl halides is 3. The van der Waals surface area contributed by atoms with Gasteiger partial charge < -0.3 is 5.73 Å². The molecule has 0 aliphatic carbocycles. The van der Waals surface area contributed by atoms with Gasteiger partial charge in [-0.15, -0.1) is 0 Å². The maximum absolute atomic E-state index is 13.6. The van der Waals surface area contributed by atoms with Gasteiger partial charge in [0.05, 0.1) is 23.1 Å². The van der Waals surface area contributed by atoms with Crippen LogP contribution in [0.1, 0.15) is 5.56 Å². The lowest BCUT2D eigenvalue weighted by Gasteiger charge is -2.10. The van der Waals surface area contributed by atoms with E-state index in [1.165, 1.54) is 17.9 Å². The van der Waals surface area contributed by atoms with Crippen molar-refractivity contribution < 1.29 is 17.6 Å². The Hall–Kier alpha value is -2.05. The lowest BCUT2D eigenvalue weighted by atomic mass is 10.1. The Labute approximate surface area is 99.8 Å². The van der Waals surface area contributed by atoms with Crippen LogP contribution in [0.5, 0.6) is 0 Å². The molecule has 2 aromatic rings. The van der Waals surface area contributed by atoms with Crippen molar-refractivity contribution in [2.75, 3.05) is 5.73 Å². The van der Waals surface area contributed by atoms with Gasteiger partial charge in [-0.25, -0.2) is 4.39 Å². The number of hydrogen-bond donors (Lipinski definition) is 1. The molecule has 1 heterocycles. The Morgan fingerprint density at radius 1 is 1.28 bits per heavy atom. The third-order valence-corrected chi connectivity index (χ3v) is 2.52. The number of rotatable bonds is 1. The first-order valence-electron chi connectivity index (χ1n) is 4.95. The fraction of sp³-hybridized carbons (Fsp3) is 0.182. The molecule has 0 radical (unpaired) electrons. The Kier molecular flexibility index (Phi) is 2.76. The van der Waals surface area contributed by atoms with E-state index in [2.05, 4.69) is 5.10 Å². The van der Waals surface area contributed by atoms with Gasteiger partial charge in [0.1, 0.15) is 5.82 Å². The van der Waals surface area contributed by atoms with Crippen molar-refractivity contribution in [1.29, 1.82) is 0 Å². The highest BCUT2D eigenvalue weighted by molar-refractivity contribution is 5.73. The lowest BCUT2D eigenvalue weighted by Crippen LogP contribution is -2.06. The number of hydrogen-bond acceptors (Lipinski definition) is 2. The first-order chi connectivity index (χ1) is 8.30. The van der Waals surface area contributed by atoms with E-state index in [-0.39, 0.29) is 16.9 Å². The summed E-state index contributed by atoms with van der Waals surface area (Å²) in [6.45, 7) is 0. The van der Waals surface area contributed by atoms with Crippen LogP contribution in [0.3, 0.4) is 0 Å². The number of nitrogen functional groups attached to an aromatic ring is 1. The zero-order chi connectivity index (χ0) is 13.5. The van der Waals surface area contributed by atoms with E-state index < -0.39 is 17.6 Å². The maximum atomic E-state index is 13.6. The second kappa shape index (κ2) is 4.01. The minimum atomic E-state index is -4.53. The summed E-state index contributed by atoms with van der Waals surface area (Å²) in [5.74, 6) is -0.779. The summed E-state index contributed by atoms with van der Waals surface area (Å²) in [7, 11) is 1.48. The smallest absolute Gasteiger partial charge is 0.396 e. The van der Waals surface area contributed by atoms with Gasteiger partial charge >= 0.3 is 6.18 Å². The summed E-state index contributed by atoms with van der Waals surface area (Å²) >= 11 is 0. The second-order valence-electron chi connectivity index (χ2n) is 3.76. The van der Waals surface area contributed by atoms with Gasteiger partial charge in [-0.3, -0.25) is 4.68 Å². The highest BCUT2D eigenvalue weighted by Crippen LogP contribution is 2.34. The number of nitrogens with zero attached hydrogens (tertiary/aromatic N) is 2. The second-order valence-corrected chi connectivity index (χ2v) is 3.76. The molecule has 0 aliphatic rings. The van der Waals surface area contributed by atoms with Crippen LogP contribution in [0.25, 0.3) is 11.3 Å². The fourth-order valence-electron chi connectivity index (χ4n) is 1.67. The molecule has 0 aliphatic heterocycles. The number of aryl methyl sites for hydroxylation is 1. The van der Waals surface area contributed by atoms with Gasteiger partial charge in [-0.2, -0.15) is 18.3 Å². The number of benzene rings is 1. The van der Waals surface area contributed by atoms with Gasteiger partial charge in [-0.05, 0) is 18.2 Å². The molecule has 3 nitrogen and oxygen atoms in total. The van der Waals surface area contributed by atoms with Gasteiger partial charge in [0.15, 0.2) is 0 Å². The van der Waals surface area contributed by atoms with Crippen LogP contribution in [-0.4, -0.2) is 9.78 Å². The van der Waals surface area contributed by atoms with Crippen molar-refractivity contribution in [2.45, 2.75) is 6.18 Å². The van der Waals surface area contributed by atoms with Crippen molar-refractivity contribution in [3.8, 4) is 11.3 Å². The topological polar surface area (TPSA) is 43.8 Å². The quantitative estimate of drug-likeness (QED) is 0.800. The largest absolute Gasteiger partial charge is 0.416 e. The van der Waals surface area contributed by atoms with Crippen LogP contribution < -0.4 is 5.73 Å². The molecule has 0 unspecified atom stereocenters. The molecule has 2 N–H and O–H groups in total. The summed E-state index contributed by atoms with van der Waals surface area (Å²) in [6, 6.07) is 2.18. The van der Waals surface area contributed by atoms with Crippen molar-refractivity contribution in [2.24, 2.45) is 7.05 Å². The van der Waals surface area contributed by atoms with Crippen LogP contribution in [0.15, 0.2) is 24.4 Å². The first kappa shape index (κ1) is 12.4. The molecule has 0 amide bonds. The molecule has 7 heteroatoms. The van der Waals surface area contributed by atoms with Gasteiger partial charge in [-0.1, -0.05) is 0 Å². The zero-order valence-electron chi connectivity index (χ0n) is 9.29. The molecule has 2 rings (SSSR count). The van der Waals surface area contributed by atoms with Gasteiger partial charge in [0, 0.05) is 12.6 Å². The van der Waals surface area contributed by atoms with Crippen molar-refractivity contribution >= 4 is 5.69 Å². The van der Waals surface area contributed by atoms with Crippen LogP contribution in [0, 0.1) is 5.82 Å². The zero-order valence-corrected chi connectivity index (χ0v) is 9.29. The third-order valence-electron chi connectivity index (χ3n) is 2.52. The van der Waals surface area contributed by atoms with E-state index in [4.69, 9.17) is 5.73 Å². The molecule has 0 bridgehead atoms. The highest BCUT2D eigenvalue weighted by Gasteiger charge is 2.31. The Balaban J connectivity index is 2.65.